The number of halogens is 3. The van der Waals surface area contributed by atoms with E-state index in [9.17, 15) is 31.2 Å². The van der Waals surface area contributed by atoms with Crippen molar-refractivity contribution in [3.63, 3.8) is 0 Å². The third kappa shape index (κ3) is 6.06. The van der Waals surface area contributed by atoms with E-state index >= 15 is 0 Å². The number of nitrogens with zero attached hydrogens (tertiary/aromatic N) is 2. The molecule has 34 heavy (non-hydrogen) atoms. The monoisotopic (exact) mass is 498 g/mol. The van der Waals surface area contributed by atoms with E-state index in [0.717, 1.165) is 28.6 Å². The summed E-state index contributed by atoms with van der Waals surface area (Å²) in [6.07, 6.45) is -4.56. The van der Waals surface area contributed by atoms with E-state index in [1.54, 1.807) is 18.2 Å². The van der Waals surface area contributed by atoms with Gasteiger partial charge in [0.1, 0.15) is 0 Å². The molecule has 0 spiro atoms. The number of piperazine rings is 1. The predicted molar refractivity (Wildman–Crippen MR) is 120 cm³/mol. The van der Waals surface area contributed by atoms with Crippen molar-refractivity contribution in [2.45, 2.75) is 31.0 Å². The first-order valence-corrected chi connectivity index (χ1v) is 12.0. The SMILES string of the molecule is CC(C)NC(=O)Nc1cccc(C(=O)N2CCN(S(=O)(=O)c3ccc(C(F)(F)F)cc3)CC2)c1. The number of amides is 3. The van der Waals surface area contributed by atoms with Crippen LogP contribution in [0.25, 0.3) is 0 Å². The molecule has 2 aromatic rings. The van der Waals surface area contributed by atoms with Gasteiger partial charge in [-0.3, -0.25) is 4.79 Å². The molecule has 0 unspecified atom stereocenters. The third-order valence-corrected chi connectivity index (χ3v) is 7.05. The number of hydrogen-bond acceptors (Lipinski definition) is 4. The van der Waals surface area contributed by atoms with Gasteiger partial charge in [-0.25, -0.2) is 13.2 Å². The fourth-order valence-electron chi connectivity index (χ4n) is 3.44. The number of alkyl halides is 3. The highest BCUT2D eigenvalue weighted by molar-refractivity contribution is 7.89. The van der Waals surface area contributed by atoms with Gasteiger partial charge in [-0.2, -0.15) is 17.5 Å². The summed E-state index contributed by atoms with van der Waals surface area (Å²) < 4.78 is 65.0. The fourth-order valence-corrected chi connectivity index (χ4v) is 4.86. The summed E-state index contributed by atoms with van der Waals surface area (Å²) >= 11 is 0. The minimum absolute atomic E-state index is 0.00380. The van der Waals surface area contributed by atoms with Gasteiger partial charge >= 0.3 is 12.2 Å². The van der Waals surface area contributed by atoms with Crippen LogP contribution < -0.4 is 10.6 Å². The first-order chi connectivity index (χ1) is 15.9. The van der Waals surface area contributed by atoms with E-state index in [-0.39, 0.29) is 43.0 Å². The van der Waals surface area contributed by atoms with E-state index in [4.69, 9.17) is 0 Å². The Labute approximate surface area is 195 Å². The number of benzene rings is 2. The summed E-state index contributed by atoms with van der Waals surface area (Å²) in [6.45, 7) is 3.87. The van der Waals surface area contributed by atoms with Gasteiger partial charge in [0.05, 0.1) is 10.5 Å². The molecule has 2 N–H and O–H groups in total. The molecule has 2 aromatic carbocycles. The number of sulfonamides is 1. The zero-order valence-corrected chi connectivity index (χ0v) is 19.4. The van der Waals surface area contributed by atoms with Crippen LogP contribution in [0.1, 0.15) is 29.8 Å². The van der Waals surface area contributed by atoms with Crippen molar-refractivity contribution in [1.82, 2.24) is 14.5 Å². The summed E-state index contributed by atoms with van der Waals surface area (Å²) in [5.74, 6) is -0.320. The van der Waals surface area contributed by atoms with Crippen LogP contribution in [0.5, 0.6) is 0 Å². The van der Waals surface area contributed by atoms with Gasteiger partial charge in [0.2, 0.25) is 10.0 Å². The van der Waals surface area contributed by atoms with Gasteiger partial charge in [-0.15, -0.1) is 0 Å². The van der Waals surface area contributed by atoms with E-state index < -0.39 is 27.8 Å². The number of anilines is 1. The first kappa shape index (κ1) is 25.5. The van der Waals surface area contributed by atoms with Crippen LogP contribution >= 0.6 is 0 Å². The van der Waals surface area contributed by atoms with E-state index in [1.807, 2.05) is 13.8 Å². The second-order valence-corrected chi connectivity index (χ2v) is 9.99. The van der Waals surface area contributed by atoms with Crippen LogP contribution in [0.3, 0.4) is 0 Å². The van der Waals surface area contributed by atoms with Crippen molar-refractivity contribution in [2.24, 2.45) is 0 Å². The number of rotatable bonds is 5. The molecule has 1 fully saturated rings. The molecule has 3 amide bonds. The molecular weight excluding hydrogens is 473 g/mol. The van der Waals surface area contributed by atoms with Crippen LogP contribution in [0.4, 0.5) is 23.7 Å². The lowest BCUT2D eigenvalue weighted by molar-refractivity contribution is -0.137. The second-order valence-electron chi connectivity index (χ2n) is 8.05. The van der Waals surface area contributed by atoms with E-state index in [0.29, 0.717) is 11.3 Å². The highest BCUT2D eigenvalue weighted by atomic mass is 32.2. The maximum atomic E-state index is 12.9. The van der Waals surface area contributed by atoms with Crippen LogP contribution in [-0.2, 0) is 16.2 Å². The fraction of sp³-hybridized carbons (Fsp3) is 0.364. The number of hydrogen-bond donors (Lipinski definition) is 2. The molecule has 0 saturated carbocycles. The lowest BCUT2D eigenvalue weighted by Gasteiger charge is -2.34. The van der Waals surface area contributed by atoms with Crippen molar-refractivity contribution in [2.75, 3.05) is 31.5 Å². The minimum atomic E-state index is -4.56. The van der Waals surface area contributed by atoms with E-state index in [1.165, 1.54) is 11.0 Å². The Kier molecular flexibility index (Phi) is 7.51. The van der Waals surface area contributed by atoms with Crippen LogP contribution in [0.15, 0.2) is 53.4 Å². The van der Waals surface area contributed by atoms with Gasteiger partial charge in [0.25, 0.3) is 5.91 Å². The van der Waals surface area contributed by atoms with Gasteiger partial charge < -0.3 is 15.5 Å². The summed E-state index contributed by atoms with van der Waals surface area (Å²) in [5, 5.41) is 5.33. The standard InChI is InChI=1S/C22H25F3N4O4S/c1-15(2)26-21(31)27-18-5-3-4-16(14-18)20(30)28-10-12-29(13-11-28)34(32,33)19-8-6-17(7-9-19)22(23,24)25/h3-9,14-15H,10-13H2,1-2H3,(H2,26,27,31). The van der Waals surface area contributed by atoms with Crippen molar-refractivity contribution in [3.05, 3.63) is 59.7 Å². The van der Waals surface area contributed by atoms with Crippen molar-refractivity contribution < 1.29 is 31.2 Å². The predicted octanol–water partition coefficient (Wildman–Crippen LogP) is 3.38. The van der Waals surface area contributed by atoms with Gasteiger partial charge in [0.15, 0.2) is 0 Å². The summed E-state index contributed by atoms with van der Waals surface area (Å²) in [4.78, 5) is 26.0. The third-order valence-electron chi connectivity index (χ3n) is 5.13. The summed E-state index contributed by atoms with van der Waals surface area (Å²) in [6, 6.07) is 9.28. The Morgan fingerprint density at radius 1 is 0.971 bits per heavy atom. The zero-order valence-electron chi connectivity index (χ0n) is 18.6. The van der Waals surface area contributed by atoms with Gasteiger partial charge in [0, 0.05) is 43.5 Å². The maximum Gasteiger partial charge on any atom is 0.416 e. The van der Waals surface area contributed by atoms with Crippen molar-refractivity contribution in [3.8, 4) is 0 Å². The molecule has 1 saturated heterocycles. The number of carbonyl (C=O) groups excluding carboxylic acids is 2. The Morgan fingerprint density at radius 3 is 2.15 bits per heavy atom. The van der Waals surface area contributed by atoms with Crippen molar-refractivity contribution in [1.29, 1.82) is 0 Å². The summed E-state index contributed by atoms with van der Waals surface area (Å²) in [5.41, 5.74) is -0.158. The quantitative estimate of drug-likeness (QED) is 0.660. The highest BCUT2D eigenvalue weighted by Crippen LogP contribution is 2.30. The minimum Gasteiger partial charge on any atom is -0.336 e. The maximum absolute atomic E-state index is 12.9. The zero-order chi connectivity index (χ0) is 25.1. The number of urea groups is 1. The molecular formula is C22H25F3N4O4S. The topological polar surface area (TPSA) is 98.8 Å². The van der Waals surface area contributed by atoms with E-state index in [2.05, 4.69) is 10.6 Å². The second kappa shape index (κ2) is 10.0. The highest BCUT2D eigenvalue weighted by Gasteiger charge is 2.33. The van der Waals surface area contributed by atoms with Gasteiger partial charge in [-0.05, 0) is 56.3 Å². The van der Waals surface area contributed by atoms with Crippen LogP contribution in [0, 0.1) is 0 Å². The molecule has 0 bridgehead atoms. The largest absolute Gasteiger partial charge is 0.416 e. The molecule has 0 radical (unpaired) electrons. The number of nitrogens with one attached hydrogen (secondary N) is 2. The molecule has 0 aromatic heterocycles. The van der Waals surface area contributed by atoms with Crippen molar-refractivity contribution >= 4 is 27.6 Å². The molecule has 1 heterocycles. The Bertz CT molecular complexity index is 1140. The molecule has 1 aliphatic heterocycles. The normalized spacial score (nSPS) is 15.3. The molecule has 1 aliphatic rings. The lowest BCUT2D eigenvalue weighted by Crippen LogP contribution is -2.50. The molecule has 3 rings (SSSR count). The van der Waals surface area contributed by atoms with Gasteiger partial charge in [-0.1, -0.05) is 6.07 Å². The molecule has 0 atom stereocenters. The molecule has 8 nitrogen and oxygen atoms in total. The lowest BCUT2D eigenvalue weighted by atomic mass is 10.1. The first-order valence-electron chi connectivity index (χ1n) is 10.5. The van der Waals surface area contributed by atoms with Crippen LogP contribution in [0.2, 0.25) is 0 Å². The molecule has 12 heteroatoms. The smallest absolute Gasteiger partial charge is 0.336 e. The average Bonchev–Trinajstić information content (AvgIpc) is 2.78. The average molecular weight is 499 g/mol. The van der Waals surface area contributed by atoms with Crippen LogP contribution in [-0.4, -0.2) is 61.8 Å². The Morgan fingerprint density at radius 2 is 1.59 bits per heavy atom. The molecule has 0 aliphatic carbocycles. The Balaban J connectivity index is 1.63. The Hall–Kier alpha value is -3.12. The molecule has 184 valence electrons. The number of carbonyl (C=O) groups is 2. The summed E-state index contributed by atoms with van der Waals surface area (Å²) in [7, 11) is -3.99.